The van der Waals surface area contributed by atoms with Gasteiger partial charge in [0, 0.05) is 13.1 Å². The lowest BCUT2D eigenvalue weighted by Gasteiger charge is -2.29. The molecule has 0 radical (unpaired) electrons. The Morgan fingerprint density at radius 3 is 2.46 bits per heavy atom. The minimum atomic E-state index is -0.804. The summed E-state index contributed by atoms with van der Waals surface area (Å²) in [6, 6.07) is 3.71. The molecule has 2 N–H and O–H groups in total. The lowest BCUT2D eigenvalue weighted by molar-refractivity contribution is 0.0724. The molecule has 2 aromatic rings. The molecule has 0 spiro atoms. The van der Waals surface area contributed by atoms with E-state index in [9.17, 15) is 14.4 Å². The number of H-pyrrole nitrogens is 2. The van der Waals surface area contributed by atoms with E-state index in [0.717, 1.165) is 11.1 Å². The van der Waals surface area contributed by atoms with E-state index in [-0.39, 0.29) is 5.69 Å². The molecule has 126 valence electrons. The average molecular weight is 332 g/mol. The van der Waals surface area contributed by atoms with Crippen LogP contribution >= 0.6 is 0 Å². The van der Waals surface area contributed by atoms with Gasteiger partial charge in [-0.1, -0.05) is 0 Å². The van der Waals surface area contributed by atoms with Gasteiger partial charge in [0.15, 0.2) is 11.5 Å². The quantitative estimate of drug-likeness (QED) is 0.795. The van der Waals surface area contributed by atoms with E-state index >= 15 is 0 Å². The molecule has 0 fully saturated rings. The number of aromatic amines is 2. The summed E-state index contributed by atoms with van der Waals surface area (Å²) in [4.78, 5) is 38.7. The van der Waals surface area contributed by atoms with Gasteiger partial charge in [0.2, 0.25) is 5.69 Å². The van der Waals surface area contributed by atoms with Gasteiger partial charge in [-0.05, 0) is 29.7 Å². The van der Waals surface area contributed by atoms with Crippen LogP contribution in [0.25, 0.3) is 0 Å². The van der Waals surface area contributed by atoms with Crippen molar-refractivity contribution >= 4 is 5.91 Å². The zero-order valence-corrected chi connectivity index (χ0v) is 13.2. The number of hydrogen-bond donors (Lipinski definition) is 2. The molecule has 9 heteroatoms. The summed E-state index contributed by atoms with van der Waals surface area (Å²) in [5.74, 6) is 0.674. The fourth-order valence-electron chi connectivity index (χ4n) is 2.70. The number of aromatic nitrogens is 3. The van der Waals surface area contributed by atoms with Gasteiger partial charge in [-0.3, -0.25) is 14.6 Å². The van der Waals surface area contributed by atoms with Crippen molar-refractivity contribution in [2.75, 3.05) is 20.8 Å². The van der Waals surface area contributed by atoms with E-state index in [2.05, 4.69) is 10.2 Å². The van der Waals surface area contributed by atoms with Crippen LogP contribution in [0.5, 0.6) is 11.5 Å². The number of benzene rings is 1. The second-order valence-corrected chi connectivity index (χ2v) is 5.31. The maximum atomic E-state index is 12.5. The third-order valence-electron chi connectivity index (χ3n) is 3.92. The van der Waals surface area contributed by atoms with Crippen LogP contribution in [0.3, 0.4) is 0 Å². The Balaban J connectivity index is 1.90. The topological polar surface area (TPSA) is 117 Å². The predicted octanol–water partition coefficient (Wildman–Crippen LogP) is -0.326. The molecule has 0 saturated heterocycles. The third kappa shape index (κ3) is 2.75. The van der Waals surface area contributed by atoms with Crippen molar-refractivity contribution in [3.8, 4) is 11.5 Å². The lowest BCUT2D eigenvalue weighted by atomic mass is 9.98. The lowest BCUT2D eigenvalue weighted by Crippen LogP contribution is -2.41. The Labute approximate surface area is 136 Å². The number of amides is 1. The molecule has 2 heterocycles. The highest BCUT2D eigenvalue weighted by atomic mass is 16.5. The van der Waals surface area contributed by atoms with Crippen molar-refractivity contribution in [2.24, 2.45) is 0 Å². The summed E-state index contributed by atoms with van der Waals surface area (Å²) < 4.78 is 10.6. The van der Waals surface area contributed by atoms with Crippen LogP contribution in [0, 0.1) is 0 Å². The van der Waals surface area contributed by atoms with Gasteiger partial charge in [0.05, 0.1) is 14.2 Å². The van der Waals surface area contributed by atoms with Gasteiger partial charge in [-0.25, -0.2) is 9.89 Å². The fraction of sp³-hybridized carbons (Fsp3) is 0.333. The number of nitrogens with zero attached hydrogens (tertiary/aromatic N) is 2. The van der Waals surface area contributed by atoms with Crippen molar-refractivity contribution in [3.63, 3.8) is 0 Å². The van der Waals surface area contributed by atoms with Crippen molar-refractivity contribution in [1.29, 1.82) is 0 Å². The summed E-state index contributed by atoms with van der Waals surface area (Å²) in [5.41, 5.74) is 0.0749. The Kier molecular flexibility index (Phi) is 4.07. The molecule has 1 amide bonds. The van der Waals surface area contributed by atoms with Crippen LogP contribution < -0.4 is 20.7 Å². The highest BCUT2D eigenvalue weighted by Crippen LogP contribution is 2.33. The Morgan fingerprint density at radius 1 is 1.17 bits per heavy atom. The first-order valence-electron chi connectivity index (χ1n) is 7.25. The van der Waals surface area contributed by atoms with E-state index in [4.69, 9.17) is 9.47 Å². The van der Waals surface area contributed by atoms with Crippen LogP contribution in [0.15, 0.2) is 21.7 Å². The maximum absolute atomic E-state index is 12.5. The molecule has 3 rings (SSSR count). The van der Waals surface area contributed by atoms with Crippen LogP contribution in [0.4, 0.5) is 0 Å². The molecular weight excluding hydrogens is 316 g/mol. The molecule has 0 aliphatic carbocycles. The van der Waals surface area contributed by atoms with Gasteiger partial charge >= 0.3 is 5.69 Å². The minimum absolute atomic E-state index is 0.314. The molecule has 0 unspecified atom stereocenters. The number of ether oxygens (including phenoxy) is 2. The number of carbonyl (C=O) groups excluding carboxylic acids is 1. The maximum Gasteiger partial charge on any atom is 0.342 e. The van der Waals surface area contributed by atoms with Crippen molar-refractivity contribution in [1.82, 2.24) is 20.1 Å². The summed E-state index contributed by atoms with van der Waals surface area (Å²) in [5, 5.41) is 5.62. The number of hydrogen-bond acceptors (Lipinski definition) is 6. The molecule has 0 saturated carbocycles. The SMILES string of the molecule is COc1cc2c(cc1OC)CN(C(=O)c1n[nH]c(=O)[nH]c1=O)CC2. The van der Waals surface area contributed by atoms with Crippen LogP contribution in [0.2, 0.25) is 0 Å². The smallest absolute Gasteiger partial charge is 0.342 e. The summed E-state index contributed by atoms with van der Waals surface area (Å²) >= 11 is 0. The average Bonchev–Trinajstić information content (AvgIpc) is 2.59. The summed E-state index contributed by atoms with van der Waals surface area (Å²) in [6.07, 6.45) is 0.614. The Bertz CT molecular complexity index is 901. The fourth-order valence-corrected chi connectivity index (χ4v) is 2.70. The second-order valence-electron chi connectivity index (χ2n) is 5.31. The van der Waals surface area contributed by atoms with Crippen LogP contribution in [0.1, 0.15) is 21.6 Å². The van der Waals surface area contributed by atoms with Crippen molar-refractivity contribution in [3.05, 3.63) is 49.8 Å². The molecule has 0 bridgehead atoms. The second kappa shape index (κ2) is 6.19. The number of nitrogens with one attached hydrogen (secondary N) is 2. The Morgan fingerprint density at radius 2 is 1.83 bits per heavy atom. The molecular formula is C15H16N4O5. The molecule has 0 atom stereocenters. The molecule has 9 nitrogen and oxygen atoms in total. The minimum Gasteiger partial charge on any atom is -0.493 e. The highest BCUT2D eigenvalue weighted by Gasteiger charge is 2.26. The van der Waals surface area contributed by atoms with E-state index in [0.29, 0.717) is 31.0 Å². The van der Waals surface area contributed by atoms with Crippen LogP contribution in [-0.4, -0.2) is 46.8 Å². The molecule has 24 heavy (non-hydrogen) atoms. The van der Waals surface area contributed by atoms with Gasteiger partial charge in [0.25, 0.3) is 11.5 Å². The van der Waals surface area contributed by atoms with Crippen molar-refractivity contribution in [2.45, 2.75) is 13.0 Å². The first-order valence-corrected chi connectivity index (χ1v) is 7.25. The van der Waals surface area contributed by atoms with Gasteiger partial charge in [-0.2, -0.15) is 5.10 Å². The summed E-state index contributed by atoms with van der Waals surface area (Å²) in [6.45, 7) is 0.746. The Hall–Kier alpha value is -3.10. The molecule has 1 aliphatic rings. The predicted molar refractivity (Wildman–Crippen MR) is 83.5 cm³/mol. The van der Waals surface area contributed by atoms with E-state index in [1.807, 2.05) is 17.1 Å². The zero-order chi connectivity index (χ0) is 17.3. The summed E-state index contributed by atoms with van der Waals surface area (Å²) in [7, 11) is 3.11. The van der Waals surface area contributed by atoms with Crippen molar-refractivity contribution < 1.29 is 14.3 Å². The highest BCUT2D eigenvalue weighted by molar-refractivity contribution is 5.91. The monoisotopic (exact) mass is 332 g/mol. The zero-order valence-electron chi connectivity index (χ0n) is 13.2. The number of rotatable bonds is 3. The van der Waals surface area contributed by atoms with E-state index in [1.165, 1.54) is 4.90 Å². The third-order valence-corrected chi connectivity index (χ3v) is 3.92. The molecule has 1 aromatic heterocycles. The van der Waals surface area contributed by atoms with E-state index < -0.39 is 17.2 Å². The van der Waals surface area contributed by atoms with Gasteiger partial charge in [-0.15, -0.1) is 0 Å². The van der Waals surface area contributed by atoms with E-state index in [1.54, 1.807) is 14.2 Å². The number of methoxy groups -OCH3 is 2. The molecule has 1 aromatic carbocycles. The number of fused-ring (bicyclic) bond motifs is 1. The normalized spacial score (nSPS) is 13.3. The first-order chi connectivity index (χ1) is 11.5. The largest absolute Gasteiger partial charge is 0.493 e. The standard InChI is InChI=1S/C15H16N4O5/c1-23-10-5-8-3-4-19(7-9(8)6-11(10)24-2)14(21)12-13(20)16-15(22)18-17-12/h5-6H,3-4,7H2,1-2H3,(H2,16,18,20,22). The molecule has 1 aliphatic heterocycles. The van der Waals surface area contributed by atoms with Crippen LogP contribution in [-0.2, 0) is 13.0 Å². The van der Waals surface area contributed by atoms with Gasteiger partial charge < -0.3 is 14.4 Å². The first kappa shape index (κ1) is 15.8. The number of carbonyl (C=O) groups is 1. The van der Waals surface area contributed by atoms with Gasteiger partial charge in [0.1, 0.15) is 0 Å².